The van der Waals surface area contributed by atoms with E-state index < -0.39 is 6.10 Å². The lowest BCUT2D eigenvalue weighted by Crippen LogP contribution is -2.30. The highest BCUT2D eigenvalue weighted by Gasteiger charge is 2.19. The van der Waals surface area contributed by atoms with Crippen LogP contribution in [0.1, 0.15) is 367 Å². The van der Waals surface area contributed by atoms with Crippen molar-refractivity contribution >= 4 is 17.9 Å². The Balaban J connectivity index is 4.02. The van der Waals surface area contributed by atoms with Gasteiger partial charge in [0.25, 0.3) is 0 Å². The van der Waals surface area contributed by atoms with Gasteiger partial charge in [-0.2, -0.15) is 0 Å². The standard InChI is InChI=1S/C77H136O6/c1-4-7-10-13-16-18-20-22-24-26-28-30-32-34-35-36-37-38-39-40-41-43-44-46-48-50-52-54-56-58-61-64-67-70-76(79)82-73-74(72-81-75(78)69-66-63-60-15-12-9-6-3)83-77(80)71-68-65-62-59-57-55-53-51-49-47-45-42-33-31-29-27-25-23-21-19-17-14-11-8-5-2/h8,11,17,19-20,22-23,25-26,28-29,31,42,45,74H,4-7,9-10,12-16,18,21,24,27,30,32-41,43-44,46-73H2,1-3H3/b11-8-,19-17-,22-20-,25-23-,28-26-,31-29-,45-42-. The quantitative estimate of drug-likeness (QED) is 0.0261. The average Bonchev–Trinajstić information content (AvgIpc) is 3.50. The molecule has 0 radical (unpaired) electrons. The molecule has 0 saturated heterocycles. The Morgan fingerprint density at radius 3 is 0.735 bits per heavy atom. The van der Waals surface area contributed by atoms with Crippen molar-refractivity contribution in [3.63, 3.8) is 0 Å². The smallest absolute Gasteiger partial charge is 0.306 e. The summed E-state index contributed by atoms with van der Waals surface area (Å²) in [6.45, 7) is 6.51. The molecule has 0 bridgehead atoms. The van der Waals surface area contributed by atoms with Gasteiger partial charge in [0.05, 0.1) is 0 Å². The summed E-state index contributed by atoms with van der Waals surface area (Å²) in [6, 6.07) is 0. The molecule has 0 aliphatic heterocycles. The fourth-order valence-electron chi connectivity index (χ4n) is 10.5. The van der Waals surface area contributed by atoms with Crippen LogP contribution in [0.2, 0.25) is 0 Å². The van der Waals surface area contributed by atoms with Crippen molar-refractivity contribution in [2.24, 2.45) is 0 Å². The SMILES string of the molecule is CC/C=C\C/C=C\C/C=C\C/C=C\C/C=C\CCCCCCCCCCCC(=O)OC(COC(=O)CCCCCCCCC)COC(=O)CCCCCCCCCCCCCCCCCCCCCCC/C=C\C/C=C\CCCCCCC. The van der Waals surface area contributed by atoms with Crippen LogP contribution in [0.15, 0.2) is 85.1 Å². The number of allylic oxidation sites excluding steroid dienone is 14. The van der Waals surface area contributed by atoms with Crippen molar-refractivity contribution in [3.05, 3.63) is 85.1 Å². The second kappa shape index (κ2) is 71.1. The molecule has 6 heteroatoms. The molecule has 0 aromatic carbocycles. The zero-order chi connectivity index (χ0) is 59.9. The van der Waals surface area contributed by atoms with E-state index in [1.54, 1.807) is 0 Å². The van der Waals surface area contributed by atoms with Crippen LogP contribution in [-0.2, 0) is 28.6 Å². The predicted octanol–water partition coefficient (Wildman–Crippen LogP) is 25.0. The van der Waals surface area contributed by atoms with E-state index in [1.165, 1.54) is 225 Å². The number of unbranched alkanes of at least 4 members (excludes halogenated alkanes) is 41. The lowest BCUT2D eigenvalue weighted by Gasteiger charge is -2.18. The van der Waals surface area contributed by atoms with Crippen LogP contribution in [0.4, 0.5) is 0 Å². The molecule has 6 nitrogen and oxygen atoms in total. The van der Waals surface area contributed by atoms with E-state index in [2.05, 4.69) is 106 Å². The number of hydrogen-bond donors (Lipinski definition) is 0. The van der Waals surface area contributed by atoms with Gasteiger partial charge >= 0.3 is 17.9 Å². The minimum atomic E-state index is -0.777. The van der Waals surface area contributed by atoms with Gasteiger partial charge in [-0.05, 0) is 96.3 Å². The summed E-state index contributed by atoms with van der Waals surface area (Å²) in [6.07, 6.45) is 95.1. The van der Waals surface area contributed by atoms with Crippen molar-refractivity contribution in [1.82, 2.24) is 0 Å². The first-order chi connectivity index (χ1) is 41.0. The van der Waals surface area contributed by atoms with Gasteiger partial charge in [0, 0.05) is 19.3 Å². The maximum Gasteiger partial charge on any atom is 0.306 e. The van der Waals surface area contributed by atoms with Gasteiger partial charge in [-0.1, -0.05) is 337 Å². The molecule has 0 spiro atoms. The molecule has 0 aliphatic carbocycles. The predicted molar refractivity (Wildman–Crippen MR) is 362 cm³/mol. The fraction of sp³-hybridized carbons (Fsp3) is 0.779. The summed E-state index contributed by atoms with van der Waals surface area (Å²) < 4.78 is 16.9. The lowest BCUT2D eigenvalue weighted by atomic mass is 10.0. The van der Waals surface area contributed by atoms with E-state index in [1.807, 2.05) is 0 Å². The first-order valence-corrected chi connectivity index (χ1v) is 36.1. The topological polar surface area (TPSA) is 78.9 Å². The van der Waals surface area contributed by atoms with Crippen LogP contribution in [0.5, 0.6) is 0 Å². The molecule has 0 aromatic rings. The molecule has 0 rings (SSSR count). The Labute approximate surface area is 515 Å². The van der Waals surface area contributed by atoms with Gasteiger partial charge in [0.2, 0.25) is 0 Å². The van der Waals surface area contributed by atoms with Gasteiger partial charge in [0.15, 0.2) is 6.10 Å². The monoisotopic (exact) mass is 1160 g/mol. The molecule has 0 aliphatic rings. The molecule has 1 unspecified atom stereocenters. The van der Waals surface area contributed by atoms with Crippen molar-refractivity contribution in [2.45, 2.75) is 374 Å². The summed E-state index contributed by atoms with van der Waals surface area (Å²) in [5.74, 6) is -0.870. The Bertz CT molecular complexity index is 1570. The summed E-state index contributed by atoms with van der Waals surface area (Å²) in [7, 11) is 0. The molecule has 0 N–H and O–H groups in total. The third kappa shape index (κ3) is 69.3. The Morgan fingerprint density at radius 2 is 0.470 bits per heavy atom. The third-order valence-corrected chi connectivity index (χ3v) is 15.9. The number of rotatable bonds is 66. The molecule has 0 saturated carbocycles. The number of esters is 3. The largest absolute Gasteiger partial charge is 0.462 e. The Kier molecular flexibility index (Phi) is 68.2. The molecular formula is C77H136O6. The normalized spacial score (nSPS) is 12.6. The van der Waals surface area contributed by atoms with Crippen LogP contribution in [0, 0.1) is 0 Å². The van der Waals surface area contributed by atoms with Gasteiger partial charge < -0.3 is 14.2 Å². The van der Waals surface area contributed by atoms with E-state index in [-0.39, 0.29) is 31.1 Å². The van der Waals surface area contributed by atoms with Crippen molar-refractivity contribution < 1.29 is 28.6 Å². The van der Waals surface area contributed by atoms with Crippen molar-refractivity contribution in [1.29, 1.82) is 0 Å². The number of ether oxygens (including phenoxy) is 3. The minimum absolute atomic E-state index is 0.0746. The second-order valence-corrected chi connectivity index (χ2v) is 24.1. The maximum absolute atomic E-state index is 12.9. The Hall–Kier alpha value is -3.41. The van der Waals surface area contributed by atoms with Crippen molar-refractivity contribution in [3.8, 4) is 0 Å². The maximum atomic E-state index is 12.9. The first-order valence-electron chi connectivity index (χ1n) is 36.1. The zero-order valence-corrected chi connectivity index (χ0v) is 55.2. The van der Waals surface area contributed by atoms with Crippen LogP contribution >= 0.6 is 0 Å². The van der Waals surface area contributed by atoms with E-state index in [4.69, 9.17) is 14.2 Å². The minimum Gasteiger partial charge on any atom is -0.462 e. The van der Waals surface area contributed by atoms with Crippen LogP contribution < -0.4 is 0 Å². The number of hydrogen-bond acceptors (Lipinski definition) is 6. The van der Waals surface area contributed by atoms with E-state index >= 15 is 0 Å². The molecule has 0 amide bonds. The van der Waals surface area contributed by atoms with Crippen LogP contribution in [-0.4, -0.2) is 37.2 Å². The summed E-state index contributed by atoms with van der Waals surface area (Å²) in [5.41, 5.74) is 0. The molecule has 0 heterocycles. The van der Waals surface area contributed by atoms with Crippen LogP contribution in [0.25, 0.3) is 0 Å². The summed E-state index contributed by atoms with van der Waals surface area (Å²) >= 11 is 0. The number of carbonyl (C=O) groups excluding carboxylic acids is 3. The van der Waals surface area contributed by atoms with E-state index in [9.17, 15) is 14.4 Å². The van der Waals surface area contributed by atoms with E-state index in [0.29, 0.717) is 19.3 Å². The highest BCUT2D eigenvalue weighted by atomic mass is 16.6. The molecule has 0 aromatic heterocycles. The number of carbonyl (C=O) groups is 3. The first kappa shape index (κ1) is 79.6. The van der Waals surface area contributed by atoms with E-state index in [0.717, 1.165) is 103 Å². The molecule has 83 heavy (non-hydrogen) atoms. The molecule has 480 valence electrons. The molecule has 0 fully saturated rings. The molecular weight excluding hydrogens is 1020 g/mol. The Morgan fingerprint density at radius 1 is 0.253 bits per heavy atom. The van der Waals surface area contributed by atoms with Gasteiger partial charge in [-0.25, -0.2) is 0 Å². The van der Waals surface area contributed by atoms with Gasteiger partial charge in [-0.3, -0.25) is 14.4 Å². The van der Waals surface area contributed by atoms with Gasteiger partial charge in [-0.15, -0.1) is 0 Å². The van der Waals surface area contributed by atoms with Crippen LogP contribution in [0.3, 0.4) is 0 Å². The van der Waals surface area contributed by atoms with Gasteiger partial charge in [0.1, 0.15) is 13.2 Å². The summed E-state index contributed by atoms with van der Waals surface area (Å²) in [4.78, 5) is 38.2. The fourth-order valence-corrected chi connectivity index (χ4v) is 10.5. The molecule has 1 atom stereocenters. The highest BCUT2D eigenvalue weighted by molar-refractivity contribution is 5.71. The zero-order valence-electron chi connectivity index (χ0n) is 55.2. The van der Waals surface area contributed by atoms with Crippen molar-refractivity contribution in [2.75, 3.05) is 13.2 Å². The lowest BCUT2D eigenvalue weighted by molar-refractivity contribution is -0.167. The average molecular weight is 1160 g/mol. The summed E-state index contributed by atoms with van der Waals surface area (Å²) in [5, 5.41) is 0. The second-order valence-electron chi connectivity index (χ2n) is 24.1. The highest BCUT2D eigenvalue weighted by Crippen LogP contribution is 2.18. The third-order valence-electron chi connectivity index (χ3n) is 15.9.